The molecule has 0 aliphatic rings. The van der Waals surface area contributed by atoms with E-state index in [1.165, 1.54) is 7.11 Å². The fourth-order valence-corrected chi connectivity index (χ4v) is 4.57. The molecule has 1 aromatic heterocycles. The van der Waals surface area contributed by atoms with Crippen LogP contribution >= 0.6 is 0 Å². The molecule has 4 rings (SSSR count). The zero-order chi connectivity index (χ0) is 27.6. The van der Waals surface area contributed by atoms with Gasteiger partial charge in [0.1, 0.15) is 12.1 Å². The monoisotopic (exact) mass is 526 g/mol. The number of fused-ring (bicyclic) bond motifs is 1. The number of methoxy groups -OCH3 is 1. The van der Waals surface area contributed by atoms with Gasteiger partial charge in [-0.1, -0.05) is 60.7 Å². The SMILES string of the molecule is COC(=O)[C@H](CCCCN)NC(=O)[C@H](Cc1c[nH]c2ccccc12)NC(=O)c1ccc(-c2ccccc2)cc1. The summed E-state index contributed by atoms with van der Waals surface area (Å²) >= 11 is 0. The molecule has 5 N–H and O–H groups in total. The molecule has 1 heterocycles. The summed E-state index contributed by atoms with van der Waals surface area (Å²) < 4.78 is 4.91. The van der Waals surface area contributed by atoms with Crippen molar-refractivity contribution in [1.29, 1.82) is 0 Å². The number of benzene rings is 3. The maximum Gasteiger partial charge on any atom is 0.328 e. The third-order valence-electron chi connectivity index (χ3n) is 6.72. The number of nitrogens with two attached hydrogens (primary N) is 1. The topological polar surface area (TPSA) is 126 Å². The molecular formula is C31H34N4O4. The van der Waals surface area contributed by atoms with Crippen molar-refractivity contribution in [1.82, 2.24) is 15.6 Å². The van der Waals surface area contributed by atoms with Gasteiger partial charge in [0.05, 0.1) is 7.11 Å². The highest BCUT2D eigenvalue weighted by Crippen LogP contribution is 2.21. The first-order chi connectivity index (χ1) is 19.0. The van der Waals surface area contributed by atoms with E-state index in [1.54, 1.807) is 12.1 Å². The third kappa shape index (κ3) is 7.12. The lowest BCUT2D eigenvalue weighted by molar-refractivity contribution is -0.145. The lowest BCUT2D eigenvalue weighted by Gasteiger charge is -2.22. The van der Waals surface area contributed by atoms with Crippen molar-refractivity contribution in [3.05, 3.63) is 96.2 Å². The summed E-state index contributed by atoms with van der Waals surface area (Å²) in [6.07, 6.45) is 3.84. The summed E-state index contributed by atoms with van der Waals surface area (Å²) in [5, 5.41) is 6.65. The molecule has 8 heteroatoms. The van der Waals surface area contributed by atoms with Crippen LogP contribution in [0.1, 0.15) is 35.2 Å². The molecule has 0 radical (unpaired) electrons. The summed E-state index contributed by atoms with van der Waals surface area (Å²) in [6.45, 7) is 0.490. The Kier molecular flexibility index (Phi) is 9.48. The van der Waals surface area contributed by atoms with E-state index < -0.39 is 24.0 Å². The van der Waals surface area contributed by atoms with E-state index >= 15 is 0 Å². The van der Waals surface area contributed by atoms with Crippen LogP contribution in [-0.2, 0) is 20.7 Å². The summed E-state index contributed by atoms with van der Waals surface area (Å²) in [5.74, 6) is -1.38. The van der Waals surface area contributed by atoms with Gasteiger partial charge in [-0.05, 0) is 60.7 Å². The first kappa shape index (κ1) is 27.6. The maximum absolute atomic E-state index is 13.5. The zero-order valence-electron chi connectivity index (χ0n) is 22.0. The molecule has 0 aliphatic heterocycles. The van der Waals surface area contributed by atoms with Gasteiger partial charge < -0.3 is 26.1 Å². The van der Waals surface area contributed by atoms with Crippen molar-refractivity contribution in [2.75, 3.05) is 13.7 Å². The fourth-order valence-electron chi connectivity index (χ4n) is 4.57. The highest BCUT2D eigenvalue weighted by Gasteiger charge is 2.28. The average Bonchev–Trinajstić information content (AvgIpc) is 3.39. The van der Waals surface area contributed by atoms with Crippen LogP contribution in [0.2, 0.25) is 0 Å². The van der Waals surface area contributed by atoms with E-state index in [0.717, 1.165) is 34.0 Å². The Bertz CT molecular complexity index is 1400. The first-order valence-electron chi connectivity index (χ1n) is 13.1. The number of hydrogen-bond acceptors (Lipinski definition) is 5. The van der Waals surface area contributed by atoms with Gasteiger partial charge in [-0.3, -0.25) is 9.59 Å². The molecule has 4 aromatic rings. The minimum atomic E-state index is -0.924. The Labute approximate surface area is 227 Å². The maximum atomic E-state index is 13.5. The van der Waals surface area contributed by atoms with E-state index in [9.17, 15) is 14.4 Å². The number of nitrogens with one attached hydrogen (secondary N) is 3. The Morgan fingerprint density at radius 3 is 2.26 bits per heavy atom. The second-order valence-electron chi connectivity index (χ2n) is 9.40. The van der Waals surface area contributed by atoms with Gasteiger partial charge in [0.25, 0.3) is 5.91 Å². The number of para-hydroxylation sites is 1. The number of carbonyl (C=O) groups excluding carboxylic acids is 3. The molecule has 202 valence electrons. The number of aromatic nitrogens is 1. The Morgan fingerprint density at radius 2 is 1.54 bits per heavy atom. The number of aromatic amines is 1. The van der Waals surface area contributed by atoms with E-state index in [4.69, 9.17) is 10.5 Å². The molecule has 0 aliphatic carbocycles. The van der Waals surface area contributed by atoms with Crippen LogP contribution < -0.4 is 16.4 Å². The average molecular weight is 527 g/mol. The molecule has 0 saturated carbocycles. The van der Waals surface area contributed by atoms with E-state index in [0.29, 0.717) is 24.9 Å². The molecule has 8 nitrogen and oxygen atoms in total. The quantitative estimate of drug-likeness (QED) is 0.164. The van der Waals surface area contributed by atoms with Crippen LogP contribution in [0.25, 0.3) is 22.0 Å². The number of hydrogen-bond donors (Lipinski definition) is 4. The number of carbonyl (C=O) groups is 3. The van der Waals surface area contributed by atoms with Crippen molar-refractivity contribution in [2.24, 2.45) is 5.73 Å². The molecule has 2 atom stereocenters. The molecule has 0 saturated heterocycles. The van der Waals surface area contributed by atoms with Gasteiger partial charge in [0.2, 0.25) is 5.91 Å². The standard InChI is InChI=1S/C31H34N4O4/c1-39-31(38)27(13-7-8-18-32)34-30(37)28(19-24-20-33-26-12-6-5-11-25(24)26)35-29(36)23-16-14-22(15-17-23)21-9-3-2-4-10-21/h2-6,9-12,14-17,20,27-28,33H,7-8,13,18-19,32H2,1H3,(H,34,37)(H,35,36)/t27-,28-/m0/s1. The number of ether oxygens (including phenoxy) is 1. The number of esters is 1. The van der Waals surface area contributed by atoms with Crippen LogP contribution in [-0.4, -0.2) is 48.5 Å². The molecule has 0 bridgehead atoms. The van der Waals surface area contributed by atoms with Crippen molar-refractivity contribution in [3.63, 3.8) is 0 Å². The molecule has 0 spiro atoms. The van der Waals surface area contributed by atoms with Gasteiger partial charge >= 0.3 is 5.97 Å². The highest BCUT2D eigenvalue weighted by molar-refractivity contribution is 5.99. The molecule has 0 fully saturated rings. The number of rotatable bonds is 12. The molecule has 3 aromatic carbocycles. The van der Waals surface area contributed by atoms with Gasteiger partial charge in [-0.2, -0.15) is 0 Å². The largest absolute Gasteiger partial charge is 0.467 e. The smallest absolute Gasteiger partial charge is 0.328 e. The normalized spacial score (nSPS) is 12.5. The summed E-state index contributed by atoms with van der Waals surface area (Å²) in [5.41, 5.74) is 9.86. The molecular weight excluding hydrogens is 492 g/mol. The van der Waals surface area contributed by atoms with Gasteiger partial charge in [0.15, 0.2) is 0 Å². The minimum Gasteiger partial charge on any atom is -0.467 e. The van der Waals surface area contributed by atoms with Gasteiger partial charge in [-0.25, -0.2) is 4.79 Å². The molecule has 0 unspecified atom stereocenters. The van der Waals surface area contributed by atoms with Crippen LogP contribution in [0.15, 0.2) is 85.1 Å². The predicted molar refractivity (Wildman–Crippen MR) is 152 cm³/mol. The van der Waals surface area contributed by atoms with E-state index in [2.05, 4.69) is 15.6 Å². The first-order valence-corrected chi connectivity index (χ1v) is 13.1. The van der Waals surface area contributed by atoms with Crippen molar-refractivity contribution < 1.29 is 19.1 Å². The van der Waals surface area contributed by atoms with Crippen LogP contribution in [0.4, 0.5) is 0 Å². The van der Waals surface area contributed by atoms with E-state index in [1.807, 2.05) is 72.9 Å². The van der Waals surface area contributed by atoms with Crippen molar-refractivity contribution in [2.45, 2.75) is 37.8 Å². The lowest BCUT2D eigenvalue weighted by Crippen LogP contribution is -2.52. The van der Waals surface area contributed by atoms with Crippen molar-refractivity contribution in [3.8, 4) is 11.1 Å². The highest BCUT2D eigenvalue weighted by atomic mass is 16.5. The minimum absolute atomic E-state index is 0.236. The summed E-state index contributed by atoms with van der Waals surface area (Å²) in [7, 11) is 1.29. The lowest BCUT2D eigenvalue weighted by atomic mass is 10.0. The fraction of sp³-hybridized carbons (Fsp3) is 0.258. The number of unbranched alkanes of at least 4 members (excludes halogenated alkanes) is 1. The Hall–Kier alpha value is -4.43. The molecule has 2 amide bonds. The van der Waals surface area contributed by atoms with Crippen LogP contribution in [0.3, 0.4) is 0 Å². The Balaban J connectivity index is 1.55. The summed E-state index contributed by atoms with van der Waals surface area (Å²) in [4.78, 5) is 42.4. The van der Waals surface area contributed by atoms with Gasteiger partial charge in [0, 0.05) is 29.1 Å². The second kappa shape index (κ2) is 13.4. The summed E-state index contributed by atoms with van der Waals surface area (Å²) in [6, 6.07) is 23.1. The number of amides is 2. The third-order valence-corrected chi connectivity index (χ3v) is 6.72. The van der Waals surface area contributed by atoms with Crippen LogP contribution in [0.5, 0.6) is 0 Å². The predicted octanol–water partition coefficient (Wildman–Crippen LogP) is 3.96. The van der Waals surface area contributed by atoms with Crippen molar-refractivity contribution >= 4 is 28.7 Å². The molecule has 39 heavy (non-hydrogen) atoms. The number of H-pyrrole nitrogens is 1. The second-order valence-corrected chi connectivity index (χ2v) is 9.40. The van der Waals surface area contributed by atoms with Gasteiger partial charge in [-0.15, -0.1) is 0 Å². The van der Waals surface area contributed by atoms with Crippen LogP contribution in [0, 0.1) is 0 Å². The zero-order valence-corrected chi connectivity index (χ0v) is 22.0. The van der Waals surface area contributed by atoms with E-state index in [-0.39, 0.29) is 12.3 Å². The Morgan fingerprint density at radius 1 is 0.846 bits per heavy atom.